The quantitative estimate of drug-likeness (QED) is 0.808. The Morgan fingerprint density at radius 3 is 2.57 bits per heavy atom. The molecule has 0 radical (unpaired) electrons. The number of benzene rings is 1. The highest BCUT2D eigenvalue weighted by molar-refractivity contribution is 6.31. The molecule has 0 atom stereocenters. The van der Waals surface area contributed by atoms with Crippen LogP contribution in [0.25, 0.3) is 10.8 Å². The molecule has 1 aromatic carbocycles. The standard InChI is InChI=1S/C18H21ClN2/c19-14-9-8-13-10-17(12-6-7-12)21-18(16(13)11-14)20-15-4-2-1-3-5-15/h8-12,15H,1-7H2,(H,20,21). The van der Waals surface area contributed by atoms with Gasteiger partial charge in [0.05, 0.1) is 0 Å². The van der Waals surface area contributed by atoms with Gasteiger partial charge in [0.1, 0.15) is 5.82 Å². The predicted molar refractivity (Wildman–Crippen MR) is 89.2 cm³/mol. The SMILES string of the molecule is Clc1ccc2cc(C3CC3)nc(NC3CCCCC3)c2c1. The molecule has 2 fully saturated rings. The van der Waals surface area contributed by atoms with E-state index in [0.29, 0.717) is 12.0 Å². The fraction of sp³-hybridized carbons (Fsp3) is 0.500. The van der Waals surface area contributed by atoms with Crippen LogP contribution in [0.5, 0.6) is 0 Å². The average Bonchev–Trinajstić information content (AvgIpc) is 3.33. The molecule has 0 unspecified atom stereocenters. The van der Waals surface area contributed by atoms with Crippen molar-refractivity contribution in [2.75, 3.05) is 5.32 Å². The zero-order chi connectivity index (χ0) is 14.2. The van der Waals surface area contributed by atoms with Gasteiger partial charge in [0.15, 0.2) is 0 Å². The number of hydrogen-bond acceptors (Lipinski definition) is 2. The van der Waals surface area contributed by atoms with Crippen LogP contribution in [0.1, 0.15) is 56.6 Å². The molecule has 1 heterocycles. The lowest BCUT2D eigenvalue weighted by molar-refractivity contribution is 0.462. The van der Waals surface area contributed by atoms with Gasteiger partial charge in [0, 0.05) is 28.1 Å². The van der Waals surface area contributed by atoms with Gasteiger partial charge in [-0.25, -0.2) is 4.98 Å². The van der Waals surface area contributed by atoms with E-state index in [2.05, 4.69) is 17.4 Å². The Kier molecular flexibility index (Phi) is 3.50. The van der Waals surface area contributed by atoms with E-state index < -0.39 is 0 Å². The van der Waals surface area contributed by atoms with Gasteiger partial charge >= 0.3 is 0 Å². The number of halogens is 1. The van der Waals surface area contributed by atoms with Crippen molar-refractivity contribution in [1.29, 1.82) is 0 Å². The molecule has 1 N–H and O–H groups in total. The average molecular weight is 301 g/mol. The molecule has 3 heteroatoms. The highest BCUT2D eigenvalue weighted by Crippen LogP contribution is 2.41. The number of hydrogen-bond donors (Lipinski definition) is 1. The molecule has 21 heavy (non-hydrogen) atoms. The first-order valence-electron chi connectivity index (χ1n) is 8.16. The molecule has 4 rings (SSSR count). The number of aromatic nitrogens is 1. The first-order valence-corrected chi connectivity index (χ1v) is 8.54. The topological polar surface area (TPSA) is 24.9 Å². The van der Waals surface area contributed by atoms with Crippen molar-refractivity contribution in [1.82, 2.24) is 4.98 Å². The Bertz CT molecular complexity index is 658. The lowest BCUT2D eigenvalue weighted by Crippen LogP contribution is -2.23. The second kappa shape index (κ2) is 5.49. The summed E-state index contributed by atoms with van der Waals surface area (Å²) in [5.74, 6) is 1.72. The van der Waals surface area contributed by atoms with Crippen LogP contribution < -0.4 is 5.32 Å². The second-order valence-electron chi connectivity index (χ2n) is 6.51. The van der Waals surface area contributed by atoms with E-state index in [-0.39, 0.29) is 0 Å². The maximum Gasteiger partial charge on any atom is 0.134 e. The third-order valence-corrected chi connectivity index (χ3v) is 4.99. The van der Waals surface area contributed by atoms with E-state index in [9.17, 15) is 0 Å². The third-order valence-electron chi connectivity index (χ3n) is 4.76. The predicted octanol–water partition coefficient (Wildman–Crippen LogP) is 5.51. The van der Waals surface area contributed by atoms with Crippen molar-refractivity contribution in [2.24, 2.45) is 0 Å². The molecule has 2 aliphatic carbocycles. The maximum atomic E-state index is 6.19. The molecule has 2 aromatic rings. The fourth-order valence-electron chi connectivity index (χ4n) is 3.38. The van der Waals surface area contributed by atoms with Gasteiger partial charge in [0.2, 0.25) is 0 Å². The van der Waals surface area contributed by atoms with Gasteiger partial charge < -0.3 is 5.32 Å². The number of nitrogens with one attached hydrogen (secondary N) is 1. The smallest absolute Gasteiger partial charge is 0.134 e. The highest BCUT2D eigenvalue weighted by atomic mass is 35.5. The molecule has 0 bridgehead atoms. The maximum absolute atomic E-state index is 6.19. The number of fused-ring (bicyclic) bond motifs is 1. The van der Waals surface area contributed by atoms with Gasteiger partial charge in [-0.05, 0) is 49.3 Å². The van der Waals surface area contributed by atoms with E-state index in [1.807, 2.05) is 12.1 Å². The molecule has 0 amide bonds. The summed E-state index contributed by atoms with van der Waals surface area (Å²) in [6, 6.07) is 8.96. The minimum Gasteiger partial charge on any atom is -0.367 e. The summed E-state index contributed by atoms with van der Waals surface area (Å²) in [5, 5.41) is 6.91. The van der Waals surface area contributed by atoms with Crippen LogP contribution in [0, 0.1) is 0 Å². The summed E-state index contributed by atoms with van der Waals surface area (Å²) < 4.78 is 0. The molecular formula is C18H21ClN2. The van der Waals surface area contributed by atoms with E-state index in [1.54, 1.807) is 0 Å². The molecule has 2 aliphatic rings. The minimum atomic E-state index is 0.572. The molecule has 2 saturated carbocycles. The van der Waals surface area contributed by atoms with Gasteiger partial charge in [0.25, 0.3) is 0 Å². The van der Waals surface area contributed by atoms with E-state index >= 15 is 0 Å². The summed E-state index contributed by atoms with van der Waals surface area (Å²) in [6.45, 7) is 0. The van der Waals surface area contributed by atoms with Gasteiger partial charge in [-0.1, -0.05) is 36.9 Å². The molecule has 2 nitrogen and oxygen atoms in total. The molecule has 0 aliphatic heterocycles. The number of nitrogens with zero attached hydrogens (tertiary/aromatic N) is 1. The summed E-state index contributed by atoms with van der Waals surface area (Å²) in [7, 11) is 0. The zero-order valence-electron chi connectivity index (χ0n) is 12.2. The molecule has 1 aromatic heterocycles. The largest absolute Gasteiger partial charge is 0.367 e. The van der Waals surface area contributed by atoms with Crippen LogP contribution in [-0.4, -0.2) is 11.0 Å². The number of pyridine rings is 1. The lowest BCUT2D eigenvalue weighted by Gasteiger charge is -2.24. The Morgan fingerprint density at radius 1 is 1.00 bits per heavy atom. The second-order valence-corrected chi connectivity index (χ2v) is 6.95. The van der Waals surface area contributed by atoms with Crippen LogP contribution in [0.4, 0.5) is 5.82 Å². The molecule has 0 saturated heterocycles. The molecule has 110 valence electrons. The zero-order valence-corrected chi connectivity index (χ0v) is 13.0. The van der Waals surface area contributed by atoms with Gasteiger partial charge in [-0.3, -0.25) is 0 Å². The number of anilines is 1. The lowest BCUT2D eigenvalue weighted by atomic mass is 9.95. The van der Waals surface area contributed by atoms with E-state index in [4.69, 9.17) is 16.6 Å². The van der Waals surface area contributed by atoms with E-state index in [1.165, 1.54) is 56.0 Å². The van der Waals surface area contributed by atoms with Crippen LogP contribution in [0.2, 0.25) is 5.02 Å². The van der Waals surface area contributed by atoms with E-state index in [0.717, 1.165) is 16.2 Å². The van der Waals surface area contributed by atoms with Crippen molar-refractivity contribution in [2.45, 2.75) is 56.9 Å². The summed E-state index contributed by atoms with van der Waals surface area (Å²) in [5.41, 5.74) is 1.25. The van der Waals surface area contributed by atoms with Crippen LogP contribution in [0.15, 0.2) is 24.3 Å². The fourth-order valence-corrected chi connectivity index (χ4v) is 3.55. The normalized spacial score (nSPS) is 19.9. The van der Waals surface area contributed by atoms with Crippen LogP contribution >= 0.6 is 11.6 Å². The Morgan fingerprint density at radius 2 is 1.81 bits per heavy atom. The third kappa shape index (κ3) is 2.87. The van der Waals surface area contributed by atoms with Crippen LogP contribution in [-0.2, 0) is 0 Å². The van der Waals surface area contributed by atoms with Crippen molar-refractivity contribution >= 4 is 28.2 Å². The van der Waals surface area contributed by atoms with Crippen molar-refractivity contribution < 1.29 is 0 Å². The Balaban J connectivity index is 1.74. The Hall–Kier alpha value is -1.28. The first kappa shape index (κ1) is 13.4. The molecule has 0 spiro atoms. The van der Waals surface area contributed by atoms with Crippen molar-refractivity contribution in [3.63, 3.8) is 0 Å². The Labute approximate surface area is 130 Å². The summed E-state index contributed by atoms with van der Waals surface area (Å²) >= 11 is 6.19. The van der Waals surface area contributed by atoms with Crippen molar-refractivity contribution in [3.05, 3.63) is 35.0 Å². The monoisotopic (exact) mass is 300 g/mol. The minimum absolute atomic E-state index is 0.572. The van der Waals surface area contributed by atoms with Crippen LogP contribution in [0.3, 0.4) is 0 Å². The van der Waals surface area contributed by atoms with Gasteiger partial charge in [-0.15, -0.1) is 0 Å². The first-order chi connectivity index (χ1) is 10.3. The summed E-state index contributed by atoms with van der Waals surface area (Å²) in [6.07, 6.45) is 9.14. The van der Waals surface area contributed by atoms with Crippen molar-refractivity contribution in [3.8, 4) is 0 Å². The molecular weight excluding hydrogens is 280 g/mol. The summed E-state index contributed by atoms with van der Waals surface area (Å²) in [4.78, 5) is 4.93. The van der Waals surface area contributed by atoms with Gasteiger partial charge in [-0.2, -0.15) is 0 Å². The highest BCUT2D eigenvalue weighted by Gasteiger charge is 2.26. The number of rotatable bonds is 3.